The van der Waals surface area contributed by atoms with E-state index in [2.05, 4.69) is 25.5 Å². The van der Waals surface area contributed by atoms with Crippen LogP contribution in [0.1, 0.15) is 11.1 Å². The van der Waals surface area contributed by atoms with Gasteiger partial charge in [0.2, 0.25) is 5.95 Å². The second-order valence-corrected chi connectivity index (χ2v) is 6.05. The zero-order valence-corrected chi connectivity index (χ0v) is 15.1. The quantitative estimate of drug-likeness (QED) is 0.408. The van der Waals surface area contributed by atoms with Crippen LogP contribution < -0.4 is 11.0 Å². The second-order valence-electron chi connectivity index (χ2n) is 6.05. The Balaban J connectivity index is 1.55. The highest BCUT2D eigenvalue weighted by atomic mass is 16.1. The van der Waals surface area contributed by atoms with E-state index in [-0.39, 0.29) is 11.5 Å². The molecule has 4 aromatic rings. The highest BCUT2D eigenvalue weighted by Gasteiger charge is 2.12. The largest absolute Gasteiger partial charge is 0.306 e. The van der Waals surface area contributed by atoms with Crippen LogP contribution in [-0.2, 0) is 0 Å². The summed E-state index contributed by atoms with van der Waals surface area (Å²) in [6.07, 6.45) is 6.91. The lowest BCUT2D eigenvalue weighted by Gasteiger charge is -2.06. The maximum atomic E-state index is 12.2. The lowest BCUT2D eigenvalue weighted by molar-refractivity contribution is 1.06. The van der Waals surface area contributed by atoms with Crippen LogP contribution in [0.5, 0.6) is 0 Å². The third-order valence-corrected chi connectivity index (χ3v) is 4.16. The van der Waals surface area contributed by atoms with Gasteiger partial charge in [0.05, 0.1) is 18.2 Å². The normalized spacial score (nSPS) is 10.7. The number of hydrogen-bond donors (Lipinski definition) is 2. The first-order chi connectivity index (χ1) is 14.2. The van der Waals surface area contributed by atoms with Gasteiger partial charge in [0, 0.05) is 23.6 Å². The van der Waals surface area contributed by atoms with Crippen LogP contribution >= 0.6 is 0 Å². The molecule has 0 aliphatic heterocycles. The predicted molar refractivity (Wildman–Crippen MR) is 110 cm³/mol. The van der Waals surface area contributed by atoms with E-state index in [4.69, 9.17) is 0 Å². The first-order valence-corrected chi connectivity index (χ1v) is 8.72. The first-order valence-electron chi connectivity index (χ1n) is 8.72. The number of anilines is 1. The molecule has 0 atom stereocenters. The molecular weight excluding hydrogens is 366 g/mol. The lowest BCUT2D eigenvalue weighted by atomic mass is 10.1. The van der Waals surface area contributed by atoms with Crippen molar-refractivity contribution in [2.24, 2.45) is 5.10 Å². The predicted octanol–water partition coefficient (Wildman–Crippen LogP) is 2.94. The molecule has 0 amide bonds. The molecule has 0 aliphatic carbocycles. The van der Waals surface area contributed by atoms with E-state index < -0.39 is 5.56 Å². The molecule has 0 fully saturated rings. The monoisotopic (exact) mass is 381 g/mol. The Labute approximate surface area is 165 Å². The number of aromatic amines is 1. The molecule has 0 unspecified atom stereocenters. The number of H-pyrrole nitrogens is 1. The molecule has 8 nitrogen and oxygen atoms in total. The molecule has 2 N–H and O–H groups in total. The van der Waals surface area contributed by atoms with E-state index in [9.17, 15) is 10.1 Å². The molecule has 0 radical (unpaired) electrons. The standard InChI is InChI=1S/C21H15N7O/c22-12-18-19(16-4-2-1-3-5-16)25-21(26-20(18)29)27-24-13-15-6-8-17(9-7-15)28-11-10-23-14-28/h1-11,13-14H,(H2,25,26,27,29). The fraction of sp³-hybridized carbons (Fsp3) is 0. The Morgan fingerprint density at radius 1 is 1.14 bits per heavy atom. The number of hydrazone groups is 1. The molecule has 0 saturated heterocycles. The SMILES string of the molecule is N#Cc1c(-c2ccccc2)nc(NN=Cc2ccc(-n3ccnc3)cc2)[nH]c1=O. The smallest absolute Gasteiger partial charge is 0.270 e. The van der Waals surface area contributed by atoms with Crippen molar-refractivity contribution in [1.82, 2.24) is 19.5 Å². The van der Waals surface area contributed by atoms with Gasteiger partial charge in [-0.3, -0.25) is 9.78 Å². The van der Waals surface area contributed by atoms with Crippen LogP contribution in [0.4, 0.5) is 5.95 Å². The average Bonchev–Trinajstić information content (AvgIpc) is 3.29. The van der Waals surface area contributed by atoms with Gasteiger partial charge in [-0.1, -0.05) is 42.5 Å². The minimum atomic E-state index is -0.524. The second kappa shape index (κ2) is 8.02. The van der Waals surface area contributed by atoms with Gasteiger partial charge in [-0.05, 0) is 17.7 Å². The zero-order valence-electron chi connectivity index (χ0n) is 15.1. The summed E-state index contributed by atoms with van der Waals surface area (Å²) in [6.45, 7) is 0. The molecular formula is C21H15N7O. The fourth-order valence-corrected chi connectivity index (χ4v) is 2.75. The maximum absolute atomic E-state index is 12.2. The number of rotatable bonds is 5. The van der Waals surface area contributed by atoms with Gasteiger partial charge in [-0.2, -0.15) is 10.4 Å². The van der Waals surface area contributed by atoms with Crippen LogP contribution in [0.15, 0.2) is 83.2 Å². The maximum Gasteiger partial charge on any atom is 0.270 e. The van der Waals surface area contributed by atoms with E-state index in [1.165, 1.54) is 0 Å². The van der Waals surface area contributed by atoms with Gasteiger partial charge in [0.1, 0.15) is 11.6 Å². The van der Waals surface area contributed by atoms with Crippen molar-refractivity contribution in [3.63, 3.8) is 0 Å². The molecule has 2 aromatic heterocycles. The van der Waals surface area contributed by atoms with Crippen molar-refractivity contribution in [1.29, 1.82) is 5.26 Å². The summed E-state index contributed by atoms with van der Waals surface area (Å²) in [5.74, 6) is 0.152. The number of nitrogens with one attached hydrogen (secondary N) is 2. The van der Waals surface area contributed by atoms with Gasteiger partial charge in [0.25, 0.3) is 5.56 Å². The van der Waals surface area contributed by atoms with E-state index in [1.54, 1.807) is 30.9 Å². The van der Waals surface area contributed by atoms with E-state index in [0.717, 1.165) is 11.3 Å². The van der Waals surface area contributed by atoms with Crippen LogP contribution in [-0.4, -0.2) is 25.7 Å². The van der Waals surface area contributed by atoms with Crippen LogP contribution in [0.25, 0.3) is 16.9 Å². The van der Waals surface area contributed by atoms with Crippen LogP contribution in [0.2, 0.25) is 0 Å². The van der Waals surface area contributed by atoms with E-state index in [0.29, 0.717) is 11.3 Å². The molecule has 0 bridgehead atoms. The van der Waals surface area contributed by atoms with Gasteiger partial charge >= 0.3 is 0 Å². The molecule has 0 aliphatic rings. The molecule has 8 heteroatoms. The Morgan fingerprint density at radius 3 is 2.62 bits per heavy atom. The molecule has 4 rings (SSSR count). The van der Waals surface area contributed by atoms with Crippen molar-refractivity contribution >= 4 is 12.2 Å². The Hall–Kier alpha value is -4.51. The number of aromatic nitrogens is 4. The minimum absolute atomic E-state index is 0.0409. The van der Waals surface area contributed by atoms with Crippen molar-refractivity contribution in [2.45, 2.75) is 0 Å². The first kappa shape index (κ1) is 17.9. The van der Waals surface area contributed by atoms with Gasteiger partial charge in [-0.15, -0.1) is 0 Å². The Bertz CT molecular complexity index is 1240. The summed E-state index contributed by atoms with van der Waals surface area (Å²) in [5, 5.41) is 13.4. The average molecular weight is 381 g/mol. The van der Waals surface area contributed by atoms with Crippen molar-refractivity contribution in [3.8, 4) is 23.0 Å². The number of nitriles is 1. The van der Waals surface area contributed by atoms with Crippen molar-refractivity contribution in [2.75, 3.05) is 5.43 Å². The summed E-state index contributed by atoms with van der Waals surface area (Å²) in [6, 6.07) is 18.7. The zero-order chi connectivity index (χ0) is 20.1. The minimum Gasteiger partial charge on any atom is -0.306 e. The van der Waals surface area contributed by atoms with E-state index >= 15 is 0 Å². The highest BCUT2D eigenvalue weighted by molar-refractivity contribution is 5.80. The molecule has 29 heavy (non-hydrogen) atoms. The number of benzene rings is 2. The molecule has 140 valence electrons. The summed E-state index contributed by atoms with van der Waals surface area (Å²) < 4.78 is 1.90. The molecule has 2 heterocycles. The summed E-state index contributed by atoms with van der Waals surface area (Å²) >= 11 is 0. The van der Waals surface area contributed by atoms with Crippen molar-refractivity contribution in [3.05, 3.63) is 94.8 Å². The Kier molecular flexibility index (Phi) is 4.95. The molecule has 2 aromatic carbocycles. The van der Waals surface area contributed by atoms with Gasteiger partial charge < -0.3 is 4.57 Å². The van der Waals surface area contributed by atoms with Gasteiger partial charge in [-0.25, -0.2) is 15.4 Å². The summed E-state index contributed by atoms with van der Waals surface area (Å²) in [7, 11) is 0. The molecule has 0 spiro atoms. The van der Waals surface area contributed by atoms with E-state index in [1.807, 2.05) is 59.3 Å². The van der Waals surface area contributed by atoms with Crippen molar-refractivity contribution < 1.29 is 0 Å². The third kappa shape index (κ3) is 3.94. The topological polar surface area (TPSA) is 112 Å². The molecule has 0 saturated carbocycles. The van der Waals surface area contributed by atoms with Crippen LogP contribution in [0, 0.1) is 11.3 Å². The lowest BCUT2D eigenvalue weighted by Crippen LogP contribution is -2.16. The summed E-state index contributed by atoms with van der Waals surface area (Å²) in [5.41, 5.74) is 4.98. The van der Waals surface area contributed by atoms with Gasteiger partial charge in [0.15, 0.2) is 0 Å². The van der Waals surface area contributed by atoms with Crippen LogP contribution in [0.3, 0.4) is 0 Å². The number of imidazole rings is 1. The number of hydrogen-bond acceptors (Lipinski definition) is 6. The third-order valence-electron chi connectivity index (χ3n) is 4.16. The fourth-order valence-electron chi connectivity index (χ4n) is 2.75. The number of nitrogens with zero attached hydrogens (tertiary/aromatic N) is 5. The Morgan fingerprint density at radius 2 is 1.93 bits per heavy atom. The summed E-state index contributed by atoms with van der Waals surface area (Å²) in [4.78, 5) is 23.1. The highest BCUT2D eigenvalue weighted by Crippen LogP contribution is 2.19.